The van der Waals surface area contributed by atoms with Crippen LogP contribution in [0, 0.1) is 28.6 Å². The molecular weight excluding hydrogens is 461 g/mol. The molecule has 0 saturated heterocycles. The smallest absolute Gasteiger partial charge is 0.250 e. The molecule has 4 rings (SSSR count). The molecule has 0 spiro atoms. The van der Waals surface area contributed by atoms with Crippen molar-refractivity contribution in [3.05, 3.63) is 23.5 Å². The SMILES string of the molecule is CC(C)(C)[Si](C)(C)OC1=CC[C@@]2(C)C(=C1)CCC1C2CC[C@@]2(C)C1CC[C@@H]2O[Si](C)(C)C(C)(C)C. The Kier molecular flexibility index (Phi) is 6.80. The van der Waals surface area contributed by atoms with Crippen molar-refractivity contribution < 1.29 is 8.85 Å². The van der Waals surface area contributed by atoms with Crippen LogP contribution in [0.5, 0.6) is 0 Å². The third-order valence-corrected chi connectivity index (χ3v) is 21.0. The van der Waals surface area contributed by atoms with Crippen molar-refractivity contribution in [3.63, 3.8) is 0 Å². The average molecular weight is 517 g/mol. The predicted molar refractivity (Wildman–Crippen MR) is 156 cm³/mol. The van der Waals surface area contributed by atoms with Crippen LogP contribution < -0.4 is 0 Å². The fourth-order valence-corrected chi connectivity index (χ4v) is 10.1. The molecule has 0 aromatic rings. The van der Waals surface area contributed by atoms with Gasteiger partial charge in [-0.05, 0) is 122 Å². The van der Waals surface area contributed by atoms with E-state index < -0.39 is 16.6 Å². The second-order valence-electron chi connectivity index (χ2n) is 16.2. The molecule has 200 valence electrons. The lowest BCUT2D eigenvalue weighted by Gasteiger charge is -2.58. The topological polar surface area (TPSA) is 18.5 Å². The fourth-order valence-electron chi connectivity index (χ4n) is 7.59. The molecule has 3 fully saturated rings. The van der Waals surface area contributed by atoms with Gasteiger partial charge in [0.1, 0.15) is 0 Å². The first-order chi connectivity index (χ1) is 15.8. The number of hydrogen-bond donors (Lipinski definition) is 0. The van der Waals surface area contributed by atoms with Crippen molar-refractivity contribution in [1.82, 2.24) is 0 Å². The van der Waals surface area contributed by atoms with E-state index in [1.54, 1.807) is 5.57 Å². The Balaban J connectivity index is 1.51. The van der Waals surface area contributed by atoms with Crippen LogP contribution >= 0.6 is 0 Å². The molecule has 0 aliphatic heterocycles. The van der Waals surface area contributed by atoms with Crippen LogP contribution in [0.4, 0.5) is 0 Å². The first-order valence-corrected chi connectivity index (χ1v) is 20.4. The van der Waals surface area contributed by atoms with Gasteiger partial charge in [0.15, 0.2) is 8.32 Å². The van der Waals surface area contributed by atoms with Crippen LogP contribution in [0.1, 0.15) is 100 Å². The van der Waals surface area contributed by atoms with Gasteiger partial charge in [0.25, 0.3) is 0 Å². The average Bonchev–Trinajstić information content (AvgIpc) is 3.02. The Hall–Kier alpha value is -0.326. The third-order valence-electron chi connectivity index (χ3n) is 12.1. The van der Waals surface area contributed by atoms with Gasteiger partial charge in [-0.25, -0.2) is 0 Å². The lowest BCUT2D eigenvalue weighted by molar-refractivity contribution is -0.0667. The summed E-state index contributed by atoms with van der Waals surface area (Å²) in [7, 11) is -3.55. The number of allylic oxidation sites excluding steroid dienone is 3. The number of rotatable bonds is 4. The summed E-state index contributed by atoms with van der Waals surface area (Å²) in [6.45, 7) is 29.0. The van der Waals surface area contributed by atoms with Crippen LogP contribution in [0.3, 0.4) is 0 Å². The van der Waals surface area contributed by atoms with E-state index in [4.69, 9.17) is 8.85 Å². The lowest BCUT2D eigenvalue weighted by atomic mass is 9.48. The molecular formula is C31H56O2Si2. The first-order valence-electron chi connectivity index (χ1n) is 14.6. The molecule has 6 atom stereocenters. The minimum Gasteiger partial charge on any atom is -0.544 e. The van der Waals surface area contributed by atoms with E-state index in [2.05, 4.69) is 93.7 Å². The van der Waals surface area contributed by atoms with Crippen molar-refractivity contribution >= 4 is 16.6 Å². The molecule has 0 aromatic carbocycles. The molecule has 4 heteroatoms. The largest absolute Gasteiger partial charge is 0.544 e. The first kappa shape index (κ1) is 27.7. The summed E-state index contributed by atoms with van der Waals surface area (Å²) in [6, 6.07) is 0. The Morgan fingerprint density at radius 1 is 0.829 bits per heavy atom. The van der Waals surface area contributed by atoms with Crippen molar-refractivity contribution in [3.8, 4) is 0 Å². The molecule has 4 aliphatic rings. The van der Waals surface area contributed by atoms with Crippen molar-refractivity contribution in [2.24, 2.45) is 28.6 Å². The summed E-state index contributed by atoms with van der Waals surface area (Å²) in [5.74, 6) is 3.69. The minimum atomic E-state index is -1.80. The van der Waals surface area contributed by atoms with Crippen LogP contribution in [0.2, 0.25) is 36.3 Å². The van der Waals surface area contributed by atoms with E-state index in [9.17, 15) is 0 Å². The van der Waals surface area contributed by atoms with Crippen LogP contribution in [-0.2, 0) is 8.85 Å². The maximum atomic E-state index is 7.14. The predicted octanol–water partition coefficient (Wildman–Crippen LogP) is 9.86. The van der Waals surface area contributed by atoms with E-state index in [1.165, 1.54) is 44.3 Å². The summed E-state index contributed by atoms with van der Waals surface area (Å²) in [4.78, 5) is 0. The highest BCUT2D eigenvalue weighted by atomic mass is 28.4. The van der Waals surface area contributed by atoms with Gasteiger partial charge in [-0.15, -0.1) is 0 Å². The quantitative estimate of drug-likeness (QED) is 0.346. The molecule has 0 N–H and O–H groups in total. The number of fused-ring (bicyclic) bond motifs is 5. The Morgan fingerprint density at radius 2 is 1.46 bits per heavy atom. The summed E-state index contributed by atoms with van der Waals surface area (Å²) >= 11 is 0. The highest BCUT2D eigenvalue weighted by Gasteiger charge is 2.60. The van der Waals surface area contributed by atoms with Gasteiger partial charge in [-0.1, -0.05) is 61.0 Å². The van der Waals surface area contributed by atoms with Gasteiger partial charge in [0.05, 0.1) is 11.9 Å². The summed E-state index contributed by atoms with van der Waals surface area (Å²) in [6.07, 6.45) is 14.6. The molecule has 2 nitrogen and oxygen atoms in total. The zero-order chi connectivity index (χ0) is 26.2. The van der Waals surface area contributed by atoms with Gasteiger partial charge in [0.2, 0.25) is 8.32 Å². The van der Waals surface area contributed by atoms with Crippen LogP contribution in [-0.4, -0.2) is 22.7 Å². The van der Waals surface area contributed by atoms with E-state index in [0.717, 1.165) is 24.2 Å². The summed E-state index contributed by atoms with van der Waals surface area (Å²) in [5, 5.41) is 0.527. The van der Waals surface area contributed by atoms with Crippen molar-refractivity contribution in [1.29, 1.82) is 0 Å². The van der Waals surface area contributed by atoms with Crippen LogP contribution in [0.15, 0.2) is 23.5 Å². The molecule has 3 saturated carbocycles. The maximum Gasteiger partial charge on any atom is 0.250 e. The van der Waals surface area contributed by atoms with E-state index in [0.29, 0.717) is 16.9 Å². The second-order valence-corrected chi connectivity index (χ2v) is 25.6. The molecule has 4 aliphatic carbocycles. The van der Waals surface area contributed by atoms with Gasteiger partial charge in [-0.2, -0.15) is 0 Å². The van der Waals surface area contributed by atoms with Crippen molar-refractivity contribution in [2.45, 2.75) is 143 Å². The Labute approximate surface area is 220 Å². The molecule has 35 heavy (non-hydrogen) atoms. The molecule has 0 amide bonds. The zero-order valence-corrected chi connectivity index (χ0v) is 27.2. The van der Waals surface area contributed by atoms with E-state index in [-0.39, 0.29) is 10.1 Å². The molecule has 0 aromatic heterocycles. The molecule has 3 unspecified atom stereocenters. The van der Waals surface area contributed by atoms with Gasteiger partial charge in [0, 0.05) is 0 Å². The zero-order valence-electron chi connectivity index (χ0n) is 25.2. The van der Waals surface area contributed by atoms with Crippen LogP contribution in [0.25, 0.3) is 0 Å². The summed E-state index contributed by atoms with van der Waals surface area (Å²) in [5.41, 5.74) is 2.38. The molecule has 0 radical (unpaired) electrons. The number of hydrogen-bond acceptors (Lipinski definition) is 2. The highest BCUT2D eigenvalue weighted by Crippen LogP contribution is 2.66. The molecule has 0 bridgehead atoms. The fraction of sp³-hybridized carbons (Fsp3) is 0.871. The van der Waals surface area contributed by atoms with Crippen molar-refractivity contribution in [2.75, 3.05) is 0 Å². The molecule has 0 heterocycles. The third kappa shape index (κ3) is 4.60. The monoisotopic (exact) mass is 516 g/mol. The van der Waals surface area contributed by atoms with Gasteiger partial charge >= 0.3 is 0 Å². The minimum absolute atomic E-state index is 0.240. The normalized spacial score (nSPS) is 38.2. The van der Waals surface area contributed by atoms with Gasteiger partial charge < -0.3 is 8.85 Å². The summed E-state index contributed by atoms with van der Waals surface area (Å²) < 4.78 is 13.9. The van der Waals surface area contributed by atoms with Gasteiger partial charge in [-0.3, -0.25) is 0 Å². The lowest BCUT2D eigenvalue weighted by Crippen LogP contribution is -2.53. The maximum absolute atomic E-state index is 7.14. The van der Waals surface area contributed by atoms with E-state index in [1.807, 2.05) is 0 Å². The highest BCUT2D eigenvalue weighted by molar-refractivity contribution is 6.74. The van der Waals surface area contributed by atoms with E-state index >= 15 is 0 Å². The standard InChI is InChI=1S/C31H56O2Si2/c1-28(2,3)34(9,10)32-23-17-19-30(7)22(21-23)13-14-24-25-15-16-27(31(25,8)20-18-26(24)30)33-35(11,12)29(4,5)6/h17,21,24-27H,13-16,18-20H2,1-12H3/t24?,25?,26?,27-,30-,31-/m0/s1. The second kappa shape index (κ2) is 8.59. The Bertz CT molecular complexity index is 887. The Morgan fingerprint density at radius 3 is 2.06 bits per heavy atom.